The van der Waals surface area contributed by atoms with Gasteiger partial charge in [0.2, 0.25) is 0 Å². The van der Waals surface area contributed by atoms with Crippen LogP contribution in [0.3, 0.4) is 0 Å². The normalized spacial score (nSPS) is 12.0. The summed E-state index contributed by atoms with van der Waals surface area (Å²) < 4.78 is 40.0. The van der Waals surface area contributed by atoms with E-state index in [-0.39, 0.29) is 11.9 Å². The van der Waals surface area contributed by atoms with E-state index in [1.807, 2.05) is 0 Å². The zero-order valence-corrected chi connectivity index (χ0v) is 11.3. The second-order valence-corrected chi connectivity index (χ2v) is 4.79. The summed E-state index contributed by atoms with van der Waals surface area (Å²) in [6.07, 6.45) is -4.50. The molecule has 0 saturated heterocycles. The minimum atomic E-state index is -4.50. The summed E-state index contributed by atoms with van der Waals surface area (Å²) in [7, 11) is 0. The van der Waals surface area contributed by atoms with Crippen molar-refractivity contribution in [3.05, 3.63) is 51.6 Å². The maximum absolute atomic E-state index is 12.8. The Hall–Kier alpha value is -2.71. The number of H-pyrrole nitrogens is 1. The summed E-state index contributed by atoms with van der Waals surface area (Å²) in [5, 5.41) is 13.4. The van der Waals surface area contributed by atoms with E-state index >= 15 is 0 Å². The molecule has 6 nitrogen and oxygen atoms in total. The third-order valence-corrected chi connectivity index (χ3v) is 3.33. The summed E-state index contributed by atoms with van der Waals surface area (Å²) in [5.74, 6) is 0.368. The Bertz CT molecular complexity index is 883. The zero-order valence-electron chi connectivity index (χ0n) is 11.3. The fourth-order valence-corrected chi connectivity index (χ4v) is 2.28. The Kier molecular flexibility index (Phi) is 3.19. The standard InChI is InChI=1S/C13H10F3N5O/c1-7-4-11(22)9-5-8(13(14,15)16)2-3-10(9)21(7)6-12-17-19-20-18-12/h2-5H,6H2,1H3,(H,17,18,19,20). The van der Waals surface area contributed by atoms with E-state index in [9.17, 15) is 18.0 Å². The van der Waals surface area contributed by atoms with Crippen LogP contribution in [-0.2, 0) is 12.7 Å². The highest BCUT2D eigenvalue weighted by molar-refractivity contribution is 5.80. The number of aromatic amines is 1. The molecule has 0 aliphatic heterocycles. The topological polar surface area (TPSA) is 76.5 Å². The largest absolute Gasteiger partial charge is 0.416 e. The van der Waals surface area contributed by atoms with E-state index in [1.54, 1.807) is 11.5 Å². The first kappa shape index (κ1) is 14.2. The van der Waals surface area contributed by atoms with Gasteiger partial charge in [-0.2, -0.15) is 18.4 Å². The van der Waals surface area contributed by atoms with E-state index in [0.29, 0.717) is 17.0 Å². The highest BCUT2D eigenvalue weighted by Gasteiger charge is 2.30. The SMILES string of the molecule is Cc1cc(=O)c2cc(C(F)(F)F)ccc2n1Cc1nn[nH]n1. The molecule has 114 valence electrons. The zero-order chi connectivity index (χ0) is 15.9. The number of rotatable bonds is 2. The van der Waals surface area contributed by atoms with E-state index in [2.05, 4.69) is 20.6 Å². The number of fused-ring (bicyclic) bond motifs is 1. The molecule has 22 heavy (non-hydrogen) atoms. The van der Waals surface area contributed by atoms with Crippen molar-refractivity contribution in [2.24, 2.45) is 0 Å². The third-order valence-electron chi connectivity index (χ3n) is 3.33. The van der Waals surface area contributed by atoms with Crippen molar-refractivity contribution >= 4 is 10.9 Å². The Morgan fingerprint density at radius 1 is 1.27 bits per heavy atom. The molecule has 0 saturated carbocycles. The van der Waals surface area contributed by atoms with Gasteiger partial charge in [-0.1, -0.05) is 5.21 Å². The highest BCUT2D eigenvalue weighted by Crippen LogP contribution is 2.30. The lowest BCUT2D eigenvalue weighted by atomic mass is 10.1. The molecule has 0 aliphatic rings. The van der Waals surface area contributed by atoms with Crippen LogP contribution in [0.5, 0.6) is 0 Å². The summed E-state index contributed by atoms with van der Waals surface area (Å²) in [6, 6.07) is 4.40. The lowest BCUT2D eigenvalue weighted by molar-refractivity contribution is -0.137. The smallest absolute Gasteiger partial charge is 0.337 e. The summed E-state index contributed by atoms with van der Waals surface area (Å²) in [5.41, 5.74) is -0.320. The number of aromatic nitrogens is 5. The lowest BCUT2D eigenvalue weighted by Gasteiger charge is -2.14. The maximum atomic E-state index is 12.8. The number of benzene rings is 1. The summed E-state index contributed by atoms with van der Waals surface area (Å²) in [6.45, 7) is 1.89. The fraction of sp³-hybridized carbons (Fsp3) is 0.231. The molecule has 2 heterocycles. The maximum Gasteiger partial charge on any atom is 0.416 e. The Labute approximate surface area is 121 Å². The second-order valence-electron chi connectivity index (χ2n) is 4.79. The van der Waals surface area contributed by atoms with Gasteiger partial charge in [-0.15, -0.1) is 10.2 Å². The van der Waals surface area contributed by atoms with Gasteiger partial charge in [-0.25, -0.2) is 0 Å². The van der Waals surface area contributed by atoms with Crippen molar-refractivity contribution in [1.82, 2.24) is 25.2 Å². The van der Waals surface area contributed by atoms with E-state index < -0.39 is 17.2 Å². The number of pyridine rings is 1. The van der Waals surface area contributed by atoms with Crippen molar-refractivity contribution in [3.8, 4) is 0 Å². The van der Waals surface area contributed by atoms with Crippen LogP contribution >= 0.6 is 0 Å². The van der Waals surface area contributed by atoms with Crippen LogP contribution in [0.25, 0.3) is 10.9 Å². The van der Waals surface area contributed by atoms with E-state index in [0.717, 1.165) is 12.1 Å². The Balaban J connectivity index is 2.22. The average molecular weight is 309 g/mol. The van der Waals surface area contributed by atoms with Gasteiger partial charge in [0.1, 0.15) is 0 Å². The molecular weight excluding hydrogens is 299 g/mol. The molecule has 9 heteroatoms. The van der Waals surface area contributed by atoms with Crippen LogP contribution in [0.1, 0.15) is 17.1 Å². The number of aryl methyl sites for hydroxylation is 1. The first-order chi connectivity index (χ1) is 10.4. The monoisotopic (exact) mass is 309 g/mol. The van der Waals surface area contributed by atoms with Gasteiger partial charge in [0.15, 0.2) is 11.3 Å². The number of nitrogens with one attached hydrogen (secondary N) is 1. The Morgan fingerprint density at radius 3 is 2.68 bits per heavy atom. The number of tetrazole rings is 1. The molecule has 0 unspecified atom stereocenters. The molecular formula is C13H10F3N5O. The van der Waals surface area contributed by atoms with Gasteiger partial charge in [-0.05, 0) is 25.1 Å². The van der Waals surface area contributed by atoms with Crippen LogP contribution in [0.4, 0.5) is 13.2 Å². The first-order valence-electron chi connectivity index (χ1n) is 6.30. The van der Waals surface area contributed by atoms with Crippen LogP contribution in [0, 0.1) is 6.92 Å². The first-order valence-corrected chi connectivity index (χ1v) is 6.30. The molecule has 0 spiro atoms. The van der Waals surface area contributed by atoms with Gasteiger partial charge < -0.3 is 4.57 Å². The molecule has 0 aliphatic carbocycles. The van der Waals surface area contributed by atoms with Crippen LogP contribution < -0.4 is 5.43 Å². The molecule has 3 aromatic rings. The van der Waals surface area contributed by atoms with Crippen molar-refractivity contribution in [1.29, 1.82) is 0 Å². The molecule has 2 aromatic heterocycles. The van der Waals surface area contributed by atoms with E-state index in [4.69, 9.17) is 0 Å². The molecule has 1 N–H and O–H groups in total. The number of halogens is 3. The van der Waals surface area contributed by atoms with Gasteiger partial charge in [0, 0.05) is 17.1 Å². The second kappa shape index (κ2) is 4.93. The van der Waals surface area contributed by atoms with Crippen LogP contribution in [0.15, 0.2) is 29.1 Å². The lowest BCUT2D eigenvalue weighted by Crippen LogP contribution is -2.15. The molecule has 0 atom stereocenters. The van der Waals surface area contributed by atoms with Gasteiger partial charge >= 0.3 is 6.18 Å². The van der Waals surface area contributed by atoms with Crippen molar-refractivity contribution in [3.63, 3.8) is 0 Å². The molecule has 0 amide bonds. The predicted molar refractivity (Wildman–Crippen MR) is 71.2 cm³/mol. The van der Waals surface area contributed by atoms with E-state index in [1.165, 1.54) is 12.1 Å². The molecule has 0 fully saturated rings. The van der Waals surface area contributed by atoms with Gasteiger partial charge in [0.25, 0.3) is 0 Å². The summed E-state index contributed by atoms with van der Waals surface area (Å²) >= 11 is 0. The molecule has 0 bridgehead atoms. The number of hydrogen-bond donors (Lipinski definition) is 1. The summed E-state index contributed by atoms with van der Waals surface area (Å²) in [4.78, 5) is 12.0. The predicted octanol–water partition coefficient (Wildman–Crippen LogP) is 1.89. The van der Waals surface area contributed by atoms with Crippen molar-refractivity contribution in [2.45, 2.75) is 19.6 Å². The average Bonchev–Trinajstić information content (AvgIpc) is 2.95. The number of hydrogen-bond acceptors (Lipinski definition) is 4. The number of alkyl halides is 3. The van der Waals surface area contributed by atoms with Gasteiger partial charge in [-0.3, -0.25) is 4.79 Å². The van der Waals surface area contributed by atoms with Gasteiger partial charge in [0.05, 0.1) is 17.6 Å². The quantitative estimate of drug-likeness (QED) is 0.784. The number of nitrogens with zero attached hydrogens (tertiary/aromatic N) is 4. The van der Waals surface area contributed by atoms with Crippen molar-refractivity contribution < 1.29 is 13.2 Å². The fourth-order valence-electron chi connectivity index (χ4n) is 2.28. The van der Waals surface area contributed by atoms with Crippen LogP contribution in [-0.4, -0.2) is 25.2 Å². The highest BCUT2D eigenvalue weighted by atomic mass is 19.4. The van der Waals surface area contributed by atoms with Crippen LogP contribution in [0.2, 0.25) is 0 Å². The molecule has 3 rings (SSSR count). The minimum absolute atomic E-state index is 0.00363. The minimum Gasteiger partial charge on any atom is -0.337 e. The molecule has 1 aromatic carbocycles. The van der Waals surface area contributed by atoms with Crippen molar-refractivity contribution in [2.75, 3.05) is 0 Å². The molecule has 0 radical (unpaired) electrons. The Morgan fingerprint density at radius 2 is 2.05 bits per heavy atom. The third kappa shape index (κ3) is 2.45.